The van der Waals surface area contributed by atoms with Crippen LogP contribution < -0.4 is 0 Å². The van der Waals surface area contributed by atoms with Gasteiger partial charge in [-0.1, -0.05) is 26.0 Å². The second-order valence-corrected chi connectivity index (χ2v) is 3.89. The molecule has 0 radical (unpaired) electrons. The van der Waals surface area contributed by atoms with Gasteiger partial charge in [-0.3, -0.25) is 9.69 Å². The molecule has 1 unspecified atom stereocenters. The fourth-order valence-electron chi connectivity index (χ4n) is 1.91. The Balaban J connectivity index is 3.06. The van der Waals surface area contributed by atoms with E-state index in [0.29, 0.717) is 18.7 Å². The van der Waals surface area contributed by atoms with Crippen LogP contribution in [0.2, 0.25) is 0 Å². The number of likely N-dealkylation sites (N-methyl/N-ethyl adjacent to an activating group) is 1. The highest BCUT2D eigenvalue weighted by molar-refractivity contribution is 5.87. The molecule has 0 spiro atoms. The maximum atomic E-state index is 11.3. The van der Waals surface area contributed by atoms with Crippen LogP contribution >= 0.6 is 0 Å². The predicted molar refractivity (Wildman–Crippen MR) is 66.7 cm³/mol. The maximum Gasteiger partial charge on any atom is 0.335 e. The molecule has 5 heteroatoms. The van der Waals surface area contributed by atoms with Gasteiger partial charge in [-0.15, -0.1) is 0 Å². The van der Waals surface area contributed by atoms with Crippen molar-refractivity contribution in [2.45, 2.75) is 19.9 Å². The molecule has 18 heavy (non-hydrogen) atoms. The number of benzene rings is 1. The number of carboxylic acids is 2. The van der Waals surface area contributed by atoms with E-state index < -0.39 is 18.0 Å². The molecule has 0 aliphatic heterocycles. The van der Waals surface area contributed by atoms with E-state index in [1.807, 2.05) is 13.8 Å². The quantitative estimate of drug-likeness (QED) is 0.806. The van der Waals surface area contributed by atoms with Gasteiger partial charge < -0.3 is 10.2 Å². The molecule has 0 amide bonds. The van der Waals surface area contributed by atoms with Crippen LogP contribution in [0, 0.1) is 0 Å². The average Bonchev–Trinajstić information content (AvgIpc) is 2.35. The average molecular weight is 251 g/mol. The Labute approximate surface area is 106 Å². The highest BCUT2D eigenvalue weighted by Crippen LogP contribution is 2.21. The lowest BCUT2D eigenvalue weighted by Gasteiger charge is -2.26. The van der Waals surface area contributed by atoms with Gasteiger partial charge in [0.2, 0.25) is 0 Å². The molecular weight excluding hydrogens is 234 g/mol. The number of hydrogen-bond acceptors (Lipinski definition) is 3. The van der Waals surface area contributed by atoms with Crippen LogP contribution in [0.4, 0.5) is 0 Å². The Kier molecular flexibility index (Phi) is 4.85. The Morgan fingerprint density at radius 1 is 1.11 bits per heavy atom. The summed E-state index contributed by atoms with van der Waals surface area (Å²) >= 11 is 0. The van der Waals surface area contributed by atoms with Crippen LogP contribution in [0.1, 0.15) is 35.8 Å². The van der Waals surface area contributed by atoms with Gasteiger partial charge in [-0.25, -0.2) is 4.79 Å². The first-order valence-corrected chi connectivity index (χ1v) is 5.81. The summed E-state index contributed by atoms with van der Waals surface area (Å²) in [7, 11) is 0. The number of hydrogen-bond donors (Lipinski definition) is 2. The molecule has 1 aromatic rings. The number of aliphatic carboxylic acids is 1. The summed E-state index contributed by atoms with van der Waals surface area (Å²) in [5.41, 5.74) is 0.749. The third-order valence-electron chi connectivity index (χ3n) is 2.88. The maximum absolute atomic E-state index is 11.3. The van der Waals surface area contributed by atoms with Gasteiger partial charge in [0, 0.05) is 0 Å². The van der Waals surface area contributed by atoms with E-state index in [1.54, 1.807) is 17.0 Å². The van der Waals surface area contributed by atoms with Crippen molar-refractivity contribution in [1.82, 2.24) is 4.90 Å². The molecule has 0 aliphatic rings. The van der Waals surface area contributed by atoms with Crippen LogP contribution in [0.15, 0.2) is 24.3 Å². The zero-order valence-electron chi connectivity index (χ0n) is 10.5. The molecular formula is C13H17NO4. The summed E-state index contributed by atoms with van der Waals surface area (Å²) in [5.74, 6) is -1.95. The van der Waals surface area contributed by atoms with E-state index in [4.69, 9.17) is 5.11 Å². The summed E-state index contributed by atoms with van der Waals surface area (Å²) in [6.07, 6.45) is 0. The summed E-state index contributed by atoms with van der Waals surface area (Å²) in [6, 6.07) is 5.23. The first-order chi connectivity index (χ1) is 8.51. The number of rotatable bonds is 6. The largest absolute Gasteiger partial charge is 0.480 e. The van der Waals surface area contributed by atoms with Crippen molar-refractivity contribution < 1.29 is 19.8 Å². The Morgan fingerprint density at radius 3 is 1.94 bits per heavy atom. The molecule has 5 nitrogen and oxygen atoms in total. The van der Waals surface area contributed by atoms with Crippen molar-refractivity contribution in [3.8, 4) is 0 Å². The SMILES string of the molecule is CCN(CC)C(C(=O)O)c1ccc(C(=O)O)cc1. The molecule has 0 saturated carbocycles. The van der Waals surface area contributed by atoms with Crippen LogP contribution in [0.25, 0.3) is 0 Å². The first-order valence-electron chi connectivity index (χ1n) is 5.81. The van der Waals surface area contributed by atoms with Gasteiger partial charge >= 0.3 is 11.9 Å². The summed E-state index contributed by atoms with van der Waals surface area (Å²) in [6.45, 7) is 5.03. The van der Waals surface area contributed by atoms with Gasteiger partial charge in [-0.2, -0.15) is 0 Å². The van der Waals surface area contributed by atoms with E-state index in [1.165, 1.54) is 12.1 Å². The van der Waals surface area contributed by atoms with Crippen LogP contribution in [0.3, 0.4) is 0 Å². The van der Waals surface area contributed by atoms with Gasteiger partial charge in [0.1, 0.15) is 6.04 Å². The third-order valence-corrected chi connectivity index (χ3v) is 2.88. The number of carboxylic acid groups (broad SMARTS) is 2. The molecule has 0 aromatic heterocycles. The molecule has 98 valence electrons. The molecule has 0 fully saturated rings. The topological polar surface area (TPSA) is 77.8 Å². The summed E-state index contributed by atoms with van der Waals surface area (Å²) in [4.78, 5) is 23.9. The minimum Gasteiger partial charge on any atom is -0.480 e. The second-order valence-electron chi connectivity index (χ2n) is 3.89. The van der Waals surface area contributed by atoms with E-state index in [0.717, 1.165) is 0 Å². The van der Waals surface area contributed by atoms with Crippen molar-refractivity contribution in [1.29, 1.82) is 0 Å². The van der Waals surface area contributed by atoms with Crippen LogP contribution in [-0.4, -0.2) is 40.1 Å². The van der Waals surface area contributed by atoms with Crippen molar-refractivity contribution >= 4 is 11.9 Å². The van der Waals surface area contributed by atoms with Crippen molar-refractivity contribution in [3.05, 3.63) is 35.4 Å². The zero-order chi connectivity index (χ0) is 13.7. The molecule has 1 rings (SSSR count). The van der Waals surface area contributed by atoms with E-state index in [-0.39, 0.29) is 5.56 Å². The van der Waals surface area contributed by atoms with Gasteiger partial charge in [0.15, 0.2) is 0 Å². The highest BCUT2D eigenvalue weighted by atomic mass is 16.4. The lowest BCUT2D eigenvalue weighted by molar-refractivity contribution is -0.143. The molecule has 0 bridgehead atoms. The monoisotopic (exact) mass is 251 g/mol. The molecule has 1 aromatic carbocycles. The lowest BCUT2D eigenvalue weighted by atomic mass is 10.0. The molecule has 1 atom stereocenters. The summed E-state index contributed by atoms with van der Waals surface area (Å²) < 4.78 is 0. The van der Waals surface area contributed by atoms with Crippen molar-refractivity contribution in [2.24, 2.45) is 0 Å². The summed E-state index contributed by atoms with van der Waals surface area (Å²) in [5, 5.41) is 18.1. The minimum absolute atomic E-state index is 0.155. The normalized spacial score (nSPS) is 12.4. The Morgan fingerprint density at radius 2 is 1.61 bits per heavy atom. The lowest BCUT2D eigenvalue weighted by Crippen LogP contribution is -2.33. The van der Waals surface area contributed by atoms with Crippen molar-refractivity contribution in [2.75, 3.05) is 13.1 Å². The number of nitrogens with zero attached hydrogens (tertiary/aromatic N) is 1. The van der Waals surface area contributed by atoms with E-state index >= 15 is 0 Å². The predicted octanol–water partition coefficient (Wildman–Crippen LogP) is 1.85. The Bertz CT molecular complexity index is 423. The van der Waals surface area contributed by atoms with Gasteiger partial charge in [0.25, 0.3) is 0 Å². The highest BCUT2D eigenvalue weighted by Gasteiger charge is 2.25. The fraction of sp³-hybridized carbons (Fsp3) is 0.385. The second kappa shape index (κ2) is 6.16. The molecule has 0 aliphatic carbocycles. The molecule has 2 N–H and O–H groups in total. The van der Waals surface area contributed by atoms with Crippen molar-refractivity contribution in [3.63, 3.8) is 0 Å². The first kappa shape index (κ1) is 14.2. The van der Waals surface area contributed by atoms with Crippen LogP contribution in [-0.2, 0) is 4.79 Å². The standard InChI is InChI=1S/C13H17NO4/c1-3-14(4-2)11(13(17)18)9-5-7-10(8-6-9)12(15)16/h5-8,11H,3-4H2,1-2H3,(H,15,16)(H,17,18). The van der Waals surface area contributed by atoms with Crippen LogP contribution in [0.5, 0.6) is 0 Å². The minimum atomic E-state index is -1.02. The molecule has 0 saturated heterocycles. The third kappa shape index (κ3) is 3.07. The number of carbonyl (C=O) groups is 2. The smallest absolute Gasteiger partial charge is 0.335 e. The zero-order valence-corrected chi connectivity index (χ0v) is 10.5. The van der Waals surface area contributed by atoms with E-state index in [2.05, 4.69) is 0 Å². The van der Waals surface area contributed by atoms with E-state index in [9.17, 15) is 14.7 Å². The Hall–Kier alpha value is -1.88. The number of aromatic carboxylic acids is 1. The van der Waals surface area contributed by atoms with Gasteiger partial charge in [0.05, 0.1) is 5.56 Å². The van der Waals surface area contributed by atoms with Gasteiger partial charge in [-0.05, 0) is 30.8 Å². The fourth-order valence-corrected chi connectivity index (χ4v) is 1.91. The molecule has 0 heterocycles.